The van der Waals surface area contributed by atoms with Crippen LogP contribution in [0.3, 0.4) is 0 Å². The lowest BCUT2D eigenvalue weighted by atomic mass is 9.85. The summed E-state index contributed by atoms with van der Waals surface area (Å²) in [5, 5.41) is 7.44. The number of nitrogens with zero attached hydrogens (tertiary/aromatic N) is 1. The van der Waals surface area contributed by atoms with Crippen LogP contribution in [0.25, 0.3) is 0 Å². The minimum atomic E-state index is -0.425. The van der Waals surface area contributed by atoms with E-state index in [0.29, 0.717) is 19.6 Å². The van der Waals surface area contributed by atoms with Crippen LogP contribution in [0.4, 0.5) is 4.79 Å². The molecule has 0 aromatic carbocycles. The summed E-state index contributed by atoms with van der Waals surface area (Å²) in [5.74, 6) is 0.00964. The summed E-state index contributed by atoms with van der Waals surface area (Å²) in [6, 6.07) is 1.51. The van der Waals surface area contributed by atoms with E-state index in [1.807, 2.05) is 4.90 Å². The average molecular weight is 321 g/mol. The number of carbonyl (C=O) groups excluding carboxylic acids is 2. The minimum Gasteiger partial charge on any atom is -0.369 e. The molecule has 6 nitrogen and oxygen atoms in total. The van der Waals surface area contributed by atoms with Gasteiger partial charge in [-0.15, -0.1) is 11.3 Å². The molecule has 1 aromatic rings. The highest BCUT2D eigenvalue weighted by atomic mass is 32.1. The lowest BCUT2D eigenvalue weighted by molar-refractivity contribution is -0.141. The highest BCUT2D eigenvalue weighted by Crippen LogP contribution is 2.44. The Morgan fingerprint density at radius 3 is 2.95 bits per heavy atom. The van der Waals surface area contributed by atoms with Crippen molar-refractivity contribution in [1.29, 1.82) is 0 Å². The van der Waals surface area contributed by atoms with Gasteiger partial charge >= 0.3 is 6.03 Å². The van der Waals surface area contributed by atoms with E-state index >= 15 is 0 Å². The molecule has 0 aliphatic carbocycles. The van der Waals surface area contributed by atoms with Gasteiger partial charge in [0.1, 0.15) is 11.6 Å². The highest BCUT2D eigenvalue weighted by Gasteiger charge is 2.43. The molecule has 4 heterocycles. The molecule has 0 saturated carbocycles. The molecule has 7 heteroatoms. The van der Waals surface area contributed by atoms with Crippen LogP contribution in [-0.2, 0) is 21.6 Å². The Kier molecular flexibility index (Phi) is 3.34. The Labute approximate surface area is 132 Å². The van der Waals surface area contributed by atoms with Crippen LogP contribution in [-0.4, -0.2) is 49.1 Å². The number of hydrogen-bond donors (Lipinski definition) is 2. The Bertz CT molecular complexity index is 607. The molecule has 1 spiro atoms. The van der Waals surface area contributed by atoms with E-state index in [2.05, 4.69) is 22.1 Å². The van der Waals surface area contributed by atoms with Crippen molar-refractivity contribution in [3.05, 3.63) is 21.9 Å². The van der Waals surface area contributed by atoms with Crippen molar-refractivity contribution in [2.75, 3.05) is 26.2 Å². The van der Waals surface area contributed by atoms with Gasteiger partial charge < -0.3 is 20.3 Å². The fourth-order valence-electron chi connectivity index (χ4n) is 3.64. The standard InChI is InChI=1S/C15H19N3O3S/c19-13(11-9-16-14(20)17-11)18-5-3-15(4-6-18)12-10(1-7-21-15)2-8-22-12/h2,8,11H,1,3-7,9H2,(H2,16,17,20). The second kappa shape index (κ2) is 5.24. The van der Waals surface area contributed by atoms with Crippen molar-refractivity contribution in [3.8, 4) is 0 Å². The Morgan fingerprint density at radius 1 is 1.41 bits per heavy atom. The van der Waals surface area contributed by atoms with E-state index in [0.717, 1.165) is 25.9 Å². The average Bonchev–Trinajstić information content (AvgIpc) is 3.17. The van der Waals surface area contributed by atoms with Crippen LogP contribution in [0, 0.1) is 0 Å². The van der Waals surface area contributed by atoms with E-state index in [4.69, 9.17) is 4.74 Å². The van der Waals surface area contributed by atoms with Gasteiger partial charge in [-0.25, -0.2) is 4.79 Å². The molecule has 1 aromatic heterocycles. The first-order chi connectivity index (χ1) is 10.7. The molecular formula is C15H19N3O3S. The van der Waals surface area contributed by atoms with Crippen LogP contribution in [0.2, 0.25) is 0 Å². The number of nitrogens with one attached hydrogen (secondary N) is 2. The zero-order valence-electron chi connectivity index (χ0n) is 12.3. The molecule has 4 rings (SSSR count). The first-order valence-corrected chi connectivity index (χ1v) is 8.60. The third kappa shape index (κ3) is 2.19. The van der Waals surface area contributed by atoms with Gasteiger partial charge in [0.2, 0.25) is 5.91 Å². The van der Waals surface area contributed by atoms with Crippen LogP contribution >= 0.6 is 11.3 Å². The molecule has 1 unspecified atom stereocenters. The predicted molar refractivity (Wildman–Crippen MR) is 81.8 cm³/mol. The fourth-order valence-corrected chi connectivity index (χ4v) is 4.81. The number of likely N-dealkylation sites (tertiary alicyclic amines) is 1. The molecule has 2 fully saturated rings. The minimum absolute atomic E-state index is 0.00964. The topological polar surface area (TPSA) is 70.7 Å². The summed E-state index contributed by atoms with van der Waals surface area (Å²) in [4.78, 5) is 26.8. The van der Waals surface area contributed by atoms with Gasteiger partial charge in [0.15, 0.2) is 0 Å². The summed E-state index contributed by atoms with van der Waals surface area (Å²) in [6.07, 6.45) is 2.66. The van der Waals surface area contributed by atoms with Crippen molar-refractivity contribution in [1.82, 2.24) is 15.5 Å². The smallest absolute Gasteiger partial charge is 0.315 e. The largest absolute Gasteiger partial charge is 0.369 e. The summed E-state index contributed by atoms with van der Waals surface area (Å²) in [5.41, 5.74) is 1.21. The number of carbonyl (C=O) groups is 2. The molecule has 3 amide bonds. The van der Waals surface area contributed by atoms with Gasteiger partial charge in [0, 0.05) is 24.5 Å². The number of amides is 3. The first-order valence-electron chi connectivity index (χ1n) is 7.72. The van der Waals surface area contributed by atoms with Gasteiger partial charge in [-0.05, 0) is 36.3 Å². The maximum absolute atomic E-state index is 12.4. The van der Waals surface area contributed by atoms with E-state index in [1.165, 1.54) is 10.4 Å². The molecule has 3 aliphatic heterocycles. The van der Waals surface area contributed by atoms with Gasteiger partial charge in [0.05, 0.1) is 6.61 Å². The SMILES string of the molecule is O=C1NCC(C(=O)N2CCC3(CC2)OCCc2ccsc23)N1. The molecule has 2 N–H and O–H groups in total. The molecule has 1 atom stereocenters. The molecule has 0 radical (unpaired) electrons. The quantitative estimate of drug-likeness (QED) is 0.804. The molecule has 22 heavy (non-hydrogen) atoms. The van der Waals surface area contributed by atoms with E-state index in [-0.39, 0.29) is 17.5 Å². The molecule has 118 valence electrons. The summed E-state index contributed by atoms with van der Waals surface area (Å²) < 4.78 is 6.15. The predicted octanol–water partition coefficient (Wildman–Crippen LogP) is 0.820. The number of thiophene rings is 1. The van der Waals surface area contributed by atoms with E-state index < -0.39 is 6.04 Å². The second-order valence-corrected chi connectivity index (χ2v) is 7.02. The van der Waals surface area contributed by atoms with Crippen LogP contribution in [0.5, 0.6) is 0 Å². The Balaban J connectivity index is 1.45. The summed E-state index contributed by atoms with van der Waals surface area (Å²) in [6.45, 7) is 2.51. The Morgan fingerprint density at radius 2 is 2.23 bits per heavy atom. The van der Waals surface area contributed by atoms with Gasteiger partial charge in [0.25, 0.3) is 0 Å². The van der Waals surface area contributed by atoms with Gasteiger partial charge in [-0.1, -0.05) is 0 Å². The van der Waals surface area contributed by atoms with E-state index in [9.17, 15) is 9.59 Å². The molecular weight excluding hydrogens is 302 g/mol. The van der Waals surface area contributed by atoms with Gasteiger partial charge in [-0.3, -0.25) is 4.79 Å². The van der Waals surface area contributed by atoms with Crippen molar-refractivity contribution >= 4 is 23.3 Å². The Hall–Kier alpha value is -1.60. The van der Waals surface area contributed by atoms with Crippen LogP contribution in [0.1, 0.15) is 23.3 Å². The maximum atomic E-state index is 12.4. The van der Waals surface area contributed by atoms with Gasteiger partial charge in [-0.2, -0.15) is 0 Å². The normalized spacial score (nSPS) is 26.5. The third-order valence-corrected chi connectivity index (χ3v) is 6.01. The van der Waals surface area contributed by atoms with Crippen LogP contribution in [0.15, 0.2) is 11.4 Å². The van der Waals surface area contributed by atoms with Crippen molar-refractivity contribution in [3.63, 3.8) is 0 Å². The summed E-state index contributed by atoms with van der Waals surface area (Å²) >= 11 is 1.77. The number of urea groups is 1. The summed E-state index contributed by atoms with van der Waals surface area (Å²) in [7, 11) is 0. The van der Waals surface area contributed by atoms with Crippen molar-refractivity contribution in [2.45, 2.75) is 30.9 Å². The number of ether oxygens (including phenoxy) is 1. The molecule has 0 bridgehead atoms. The number of rotatable bonds is 1. The molecule has 3 aliphatic rings. The number of hydrogen-bond acceptors (Lipinski definition) is 4. The highest BCUT2D eigenvalue weighted by molar-refractivity contribution is 7.10. The lowest BCUT2D eigenvalue weighted by Gasteiger charge is -2.44. The second-order valence-electron chi connectivity index (χ2n) is 6.10. The number of fused-ring (bicyclic) bond motifs is 2. The van der Waals surface area contributed by atoms with E-state index in [1.54, 1.807) is 11.3 Å². The third-order valence-electron chi connectivity index (χ3n) is 4.86. The van der Waals surface area contributed by atoms with Crippen molar-refractivity contribution < 1.29 is 14.3 Å². The zero-order chi connectivity index (χ0) is 15.2. The van der Waals surface area contributed by atoms with Crippen LogP contribution < -0.4 is 10.6 Å². The number of piperidine rings is 1. The maximum Gasteiger partial charge on any atom is 0.315 e. The lowest BCUT2D eigenvalue weighted by Crippen LogP contribution is -2.52. The molecule has 2 saturated heterocycles. The monoisotopic (exact) mass is 321 g/mol. The first kappa shape index (κ1) is 14.0. The van der Waals surface area contributed by atoms with Crippen molar-refractivity contribution in [2.24, 2.45) is 0 Å². The fraction of sp³-hybridized carbons (Fsp3) is 0.600. The zero-order valence-corrected chi connectivity index (χ0v) is 13.1.